The topological polar surface area (TPSA) is 66.5 Å². The van der Waals surface area contributed by atoms with Crippen molar-refractivity contribution in [2.75, 3.05) is 11.4 Å². The first-order valence-electron chi connectivity index (χ1n) is 7.19. The largest absolute Gasteiger partial charge is 0.311 e. The molecule has 0 radical (unpaired) electrons. The van der Waals surface area contributed by atoms with Crippen LogP contribution in [0.15, 0.2) is 53.4 Å². The van der Waals surface area contributed by atoms with Crippen LogP contribution in [-0.4, -0.2) is 26.9 Å². The SMILES string of the molecule is O=C1C[C@@H](NS(=O)(=O)c2ccc(Cl)cc2)CN1c1ccc(F)cc1. The molecule has 1 saturated heterocycles. The van der Waals surface area contributed by atoms with E-state index in [9.17, 15) is 17.6 Å². The van der Waals surface area contributed by atoms with Gasteiger partial charge in [-0.05, 0) is 48.5 Å². The number of carbonyl (C=O) groups is 1. The highest BCUT2D eigenvalue weighted by Crippen LogP contribution is 2.23. The van der Waals surface area contributed by atoms with Gasteiger partial charge in [-0.1, -0.05) is 11.6 Å². The van der Waals surface area contributed by atoms with E-state index in [0.29, 0.717) is 10.7 Å². The van der Waals surface area contributed by atoms with Gasteiger partial charge >= 0.3 is 0 Å². The van der Waals surface area contributed by atoms with Crippen molar-refractivity contribution in [1.82, 2.24) is 4.72 Å². The number of nitrogens with zero attached hydrogens (tertiary/aromatic N) is 1. The van der Waals surface area contributed by atoms with Gasteiger partial charge in [0.1, 0.15) is 5.82 Å². The van der Waals surface area contributed by atoms with Crippen molar-refractivity contribution in [1.29, 1.82) is 0 Å². The second-order valence-corrected chi connectivity index (χ2v) is 7.61. The fourth-order valence-electron chi connectivity index (χ4n) is 2.56. The first kappa shape index (κ1) is 16.9. The van der Waals surface area contributed by atoms with Crippen molar-refractivity contribution < 1.29 is 17.6 Å². The van der Waals surface area contributed by atoms with Gasteiger partial charge in [0, 0.05) is 29.7 Å². The van der Waals surface area contributed by atoms with E-state index in [1.807, 2.05) is 0 Å². The van der Waals surface area contributed by atoms with E-state index >= 15 is 0 Å². The van der Waals surface area contributed by atoms with E-state index in [2.05, 4.69) is 4.72 Å². The van der Waals surface area contributed by atoms with Crippen LogP contribution in [0.3, 0.4) is 0 Å². The van der Waals surface area contributed by atoms with Gasteiger partial charge in [-0.3, -0.25) is 4.79 Å². The number of hydrogen-bond donors (Lipinski definition) is 1. The van der Waals surface area contributed by atoms with Crippen molar-refractivity contribution in [3.05, 3.63) is 59.4 Å². The van der Waals surface area contributed by atoms with Gasteiger partial charge in [0.2, 0.25) is 15.9 Å². The summed E-state index contributed by atoms with van der Waals surface area (Å²) in [5.41, 5.74) is 0.537. The van der Waals surface area contributed by atoms with Crippen LogP contribution in [0.5, 0.6) is 0 Å². The zero-order chi connectivity index (χ0) is 17.3. The minimum absolute atomic E-state index is 0.0458. The molecule has 0 saturated carbocycles. The van der Waals surface area contributed by atoms with Gasteiger partial charge in [0.15, 0.2) is 0 Å². The molecule has 2 aromatic carbocycles. The van der Waals surface area contributed by atoms with Crippen LogP contribution in [0.4, 0.5) is 10.1 Å². The lowest BCUT2D eigenvalue weighted by atomic mass is 10.3. The predicted molar refractivity (Wildman–Crippen MR) is 88.9 cm³/mol. The first-order valence-corrected chi connectivity index (χ1v) is 9.05. The number of hydrogen-bond acceptors (Lipinski definition) is 3. The Hall–Kier alpha value is -1.96. The molecule has 0 aliphatic carbocycles. The zero-order valence-electron chi connectivity index (χ0n) is 12.4. The Bertz CT molecular complexity index is 854. The number of carbonyl (C=O) groups excluding carboxylic acids is 1. The van der Waals surface area contributed by atoms with Crippen LogP contribution in [0, 0.1) is 5.82 Å². The molecule has 1 fully saturated rings. The minimum Gasteiger partial charge on any atom is -0.311 e. The fraction of sp³-hybridized carbons (Fsp3) is 0.188. The monoisotopic (exact) mass is 368 g/mol. The molecule has 1 atom stereocenters. The standard InChI is InChI=1S/C16H14ClFN2O3S/c17-11-1-7-15(8-2-11)24(22,23)19-13-9-16(21)20(10-13)14-5-3-12(18)4-6-14/h1-8,13,19H,9-10H2/t13-/m1/s1. The summed E-state index contributed by atoms with van der Waals surface area (Å²) in [5, 5.41) is 0.437. The predicted octanol–water partition coefficient (Wildman–Crippen LogP) is 2.56. The van der Waals surface area contributed by atoms with Crippen LogP contribution in [0.25, 0.3) is 0 Å². The first-order chi connectivity index (χ1) is 11.3. The van der Waals surface area contributed by atoms with Crippen LogP contribution in [0.2, 0.25) is 5.02 Å². The molecule has 0 spiro atoms. The quantitative estimate of drug-likeness (QED) is 0.902. The Morgan fingerprint density at radius 1 is 1.08 bits per heavy atom. The van der Waals surface area contributed by atoms with E-state index < -0.39 is 21.9 Å². The second kappa shape index (κ2) is 6.51. The third kappa shape index (κ3) is 3.58. The van der Waals surface area contributed by atoms with Gasteiger partial charge in [-0.25, -0.2) is 17.5 Å². The maximum atomic E-state index is 13.0. The van der Waals surface area contributed by atoms with Gasteiger partial charge in [-0.2, -0.15) is 0 Å². The third-order valence-corrected chi connectivity index (χ3v) is 5.50. The third-order valence-electron chi connectivity index (χ3n) is 3.71. The average molecular weight is 369 g/mol. The summed E-state index contributed by atoms with van der Waals surface area (Å²) in [6, 6.07) is 10.7. The highest BCUT2D eigenvalue weighted by Gasteiger charge is 2.33. The molecule has 2 aromatic rings. The molecule has 1 heterocycles. The Morgan fingerprint density at radius 2 is 1.71 bits per heavy atom. The molecule has 0 unspecified atom stereocenters. The average Bonchev–Trinajstić information content (AvgIpc) is 2.88. The van der Waals surface area contributed by atoms with Crippen molar-refractivity contribution in [3.63, 3.8) is 0 Å². The van der Waals surface area contributed by atoms with Crippen molar-refractivity contribution in [3.8, 4) is 0 Å². The summed E-state index contributed by atoms with van der Waals surface area (Å²) in [4.78, 5) is 13.6. The molecule has 3 rings (SSSR count). The van der Waals surface area contributed by atoms with Crippen molar-refractivity contribution >= 4 is 33.2 Å². The molecule has 5 nitrogen and oxygen atoms in total. The number of benzene rings is 2. The summed E-state index contributed by atoms with van der Waals surface area (Å²) in [6.45, 7) is 0.192. The van der Waals surface area contributed by atoms with Crippen molar-refractivity contribution in [2.45, 2.75) is 17.4 Å². The Morgan fingerprint density at radius 3 is 2.33 bits per heavy atom. The molecular weight excluding hydrogens is 355 g/mol. The molecule has 24 heavy (non-hydrogen) atoms. The zero-order valence-corrected chi connectivity index (χ0v) is 14.0. The van der Waals surface area contributed by atoms with Crippen LogP contribution in [0.1, 0.15) is 6.42 Å². The smallest absolute Gasteiger partial charge is 0.240 e. The highest BCUT2D eigenvalue weighted by atomic mass is 35.5. The summed E-state index contributed by atoms with van der Waals surface area (Å²) in [5.74, 6) is -0.615. The van der Waals surface area contributed by atoms with Crippen LogP contribution < -0.4 is 9.62 Å². The summed E-state index contributed by atoms with van der Waals surface area (Å²) in [7, 11) is -3.74. The van der Waals surface area contributed by atoms with E-state index in [1.54, 1.807) is 0 Å². The molecule has 0 aromatic heterocycles. The molecule has 1 amide bonds. The fourth-order valence-corrected chi connectivity index (χ4v) is 3.91. The summed E-state index contributed by atoms with van der Waals surface area (Å²) >= 11 is 5.76. The summed E-state index contributed by atoms with van der Waals surface area (Å²) < 4.78 is 40.2. The lowest BCUT2D eigenvalue weighted by Crippen LogP contribution is -2.37. The second-order valence-electron chi connectivity index (χ2n) is 5.46. The van der Waals surface area contributed by atoms with Gasteiger partial charge in [-0.15, -0.1) is 0 Å². The highest BCUT2D eigenvalue weighted by molar-refractivity contribution is 7.89. The lowest BCUT2D eigenvalue weighted by Gasteiger charge is -2.17. The van der Waals surface area contributed by atoms with E-state index in [0.717, 1.165) is 0 Å². The maximum absolute atomic E-state index is 13.0. The van der Waals surface area contributed by atoms with E-state index in [1.165, 1.54) is 53.4 Å². The molecule has 8 heteroatoms. The number of sulfonamides is 1. The summed E-state index contributed by atoms with van der Waals surface area (Å²) in [6.07, 6.45) is 0.0458. The maximum Gasteiger partial charge on any atom is 0.240 e. The minimum atomic E-state index is -3.74. The van der Waals surface area contributed by atoms with Crippen molar-refractivity contribution in [2.24, 2.45) is 0 Å². The molecule has 1 N–H and O–H groups in total. The Kier molecular flexibility index (Phi) is 4.58. The number of nitrogens with one attached hydrogen (secondary N) is 1. The Balaban J connectivity index is 1.74. The molecule has 1 aliphatic rings. The Labute approximate surface area is 144 Å². The number of halogens is 2. The van der Waals surface area contributed by atoms with Crippen LogP contribution >= 0.6 is 11.6 Å². The molecule has 126 valence electrons. The van der Waals surface area contributed by atoms with E-state index in [-0.39, 0.29) is 23.8 Å². The lowest BCUT2D eigenvalue weighted by molar-refractivity contribution is -0.117. The van der Waals surface area contributed by atoms with Crippen LogP contribution in [-0.2, 0) is 14.8 Å². The van der Waals surface area contributed by atoms with Gasteiger partial charge in [0.05, 0.1) is 4.90 Å². The molecular formula is C16H14ClFN2O3S. The number of amides is 1. The van der Waals surface area contributed by atoms with Gasteiger partial charge in [0.25, 0.3) is 0 Å². The number of anilines is 1. The molecule has 1 aliphatic heterocycles. The van der Waals surface area contributed by atoms with Gasteiger partial charge < -0.3 is 4.90 Å². The normalized spacial score (nSPS) is 18.2. The number of rotatable bonds is 4. The van der Waals surface area contributed by atoms with E-state index in [4.69, 9.17) is 11.6 Å². The molecule has 0 bridgehead atoms.